The van der Waals surface area contributed by atoms with Crippen molar-refractivity contribution in [3.63, 3.8) is 0 Å². The molecule has 0 aliphatic heterocycles. The molecule has 1 atom stereocenters. The molecule has 5 nitrogen and oxygen atoms in total. The van der Waals surface area contributed by atoms with Crippen molar-refractivity contribution in [2.45, 2.75) is 27.0 Å². The van der Waals surface area contributed by atoms with Gasteiger partial charge in [0.2, 0.25) is 0 Å². The maximum Gasteiger partial charge on any atom is 0.337 e. The first kappa shape index (κ1) is 14.1. The van der Waals surface area contributed by atoms with Gasteiger partial charge in [-0.05, 0) is 51.1 Å². The highest BCUT2D eigenvalue weighted by Crippen LogP contribution is 2.24. The summed E-state index contributed by atoms with van der Waals surface area (Å²) < 4.78 is 1.90. The number of aryl methyl sites for hydroxylation is 2. The third kappa shape index (κ3) is 2.67. The molecule has 1 aromatic carbocycles. The summed E-state index contributed by atoms with van der Waals surface area (Å²) in [7, 11) is 0. The second-order valence-electron chi connectivity index (χ2n) is 4.81. The normalized spacial score (nSPS) is 12.2. The zero-order valence-electron chi connectivity index (χ0n) is 11.7. The van der Waals surface area contributed by atoms with Crippen LogP contribution in [-0.2, 0) is 0 Å². The average Bonchev–Trinajstić information content (AvgIpc) is 2.68. The molecule has 20 heavy (non-hydrogen) atoms. The van der Waals surface area contributed by atoms with Crippen LogP contribution in [0.25, 0.3) is 5.69 Å². The van der Waals surface area contributed by atoms with Crippen LogP contribution in [0.5, 0.6) is 0 Å². The molecule has 0 aliphatic rings. The van der Waals surface area contributed by atoms with Gasteiger partial charge in [0.05, 0.1) is 11.3 Å². The van der Waals surface area contributed by atoms with E-state index < -0.39 is 12.2 Å². The molecule has 5 heteroatoms. The van der Waals surface area contributed by atoms with E-state index in [9.17, 15) is 15.0 Å². The van der Waals surface area contributed by atoms with Crippen molar-refractivity contribution in [1.29, 1.82) is 0 Å². The Morgan fingerprint density at radius 1 is 1.20 bits per heavy atom. The minimum atomic E-state index is -0.998. The number of carboxylic acids is 1. The fourth-order valence-electron chi connectivity index (χ4n) is 2.28. The molecule has 0 fully saturated rings. The predicted molar refractivity (Wildman–Crippen MR) is 77.5 cm³/mol. The summed E-state index contributed by atoms with van der Waals surface area (Å²) in [5, 5.41) is 21.5. The second-order valence-corrected chi connectivity index (χ2v) is 4.81. The molecule has 1 unspecified atom stereocenters. The van der Waals surface area contributed by atoms with Crippen molar-refractivity contribution in [2.24, 2.45) is 0 Å². The molecule has 0 bridgehead atoms. The Labute approximate surface area is 117 Å². The van der Waals surface area contributed by atoms with Gasteiger partial charge in [-0.25, -0.2) is 4.79 Å². The number of aliphatic hydroxyl groups is 1. The number of anilines is 1. The number of hydrogen-bond acceptors (Lipinski definition) is 3. The highest BCUT2D eigenvalue weighted by atomic mass is 16.4. The van der Waals surface area contributed by atoms with Gasteiger partial charge in [-0.1, -0.05) is 0 Å². The first-order valence-electron chi connectivity index (χ1n) is 6.37. The van der Waals surface area contributed by atoms with Crippen LogP contribution in [0, 0.1) is 13.8 Å². The summed E-state index contributed by atoms with van der Waals surface area (Å²) in [5.41, 5.74) is 3.33. The summed E-state index contributed by atoms with van der Waals surface area (Å²) in [5.74, 6) is -0.998. The van der Waals surface area contributed by atoms with Crippen LogP contribution in [0.1, 0.15) is 28.7 Å². The van der Waals surface area contributed by atoms with Crippen LogP contribution in [0.3, 0.4) is 0 Å². The Bertz CT molecular complexity index is 625. The van der Waals surface area contributed by atoms with Gasteiger partial charge in [0.15, 0.2) is 0 Å². The van der Waals surface area contributed by atoms with E-state index in [-0.39, 0.29) is 5.56 Å². The van der Waals surface area contributed by atoms with Gasteiger partial charge in [0.25, 0.3) is 0 Å². The van der Waals surface area contributed by atoms with Crippen LogP contribution >= 0.6 is 0 Å². The van der Waals surface area contributed by atoms with E-state index in [4.69, 9.17) is 0 Å². The van der Waals surface area contributed by atoms with Crippen molar-refractivity contribution < 1.29 is 15.0 Å². The lowest BCUT2D eigenvalue weighted by molar-refractivity contribution is 0.0697. The molecule has 1 heterocycles. The second kappa shape index (κ2) is 5.38. The first-order chi connectivity index (χ1) is 9.40. The monoisotopic (exact) mass is 274 g/mol. The van der Waals surface area contributed by atoms with Crippen LogP contribution in [0.4, 0.5) is 5.69 Å². The van der Waals surface area contributed by atoms with Gasteiger partial charge in [0, 0.05) is 17.1 Å². The Morgan fingerprint density at radius 3 is 2.30 bits per heavy atom. The number of aromatic nitrogens is 1. The van der Waals surface area contributed by atoms with Gasteiger partial charge in [-0.15, -0.1) is 0 Å². The summed E-state index contributed by atoms with van der Waals surface area (Å²) in [4.78, 5) is 11.5. The van der Waals surface area contributed by atoms with Crippen LogP contribution in [0.2, 0.25) is 0 Å². The third-order valence-corrected chi connectivity index (χ3v) is 3.11. The van der Waals surface area contributed by atoms with E-state index in [0.29, 0.717) is 11.4 Å². The Balaban J connectivity index is 2.57. The lowest BCUT2D eigenvalue weighted by atomic mass is 10.1. The van der Waals surface area contributed by atoms with Crippen LogP contribution in [0.15, 0.2) is 30.3 Å². The van der Waals surface area contributed by atoms with Crippen molar-refractivity contribution in [2.75, 3.05) is 5.32 Å². The zero-order chi connectivity index (χ0) is 14.9. The number of hydrogen-bond donors (Lipinski definition) is 3. The summed E-state index contributed by atoms with van der Waals surface area (Å²) in [6, 6.07) is 8.93. The van der Waals surface area contributed by atoms with E-state index in [1.807, 2.05) is 30.5 Å². The topological polar surface area (TPSA) is 74.5 Å². The lowest BCUT2D eigenvalue weighted by Crippen LogP contribution is -2.15. The minimum Gasteiger partial charge on any atom is -0.478 e. The molecular weight excluding hydrogens is 256 g/mol. The molecule has 0 aliphatic carbocycles. The van der Waals surface area contributed by atoms with Gasteiger partial charge in [0.1, 0.15) is 6.23 Å². The van der Waals surface area contributed by atoms with E-state index >= 15 is 0 Å². The molecule has 0 spiro atoms. The van der Waals surface area contributed by atoms with Gasteiger partial charge in [-0.3, -0.25) is 0 Å². The SMILES string of the molecule is Cc1ccc(C)n1-c1ccc(NC(C)O)cc1C(=O)O. The quantitative estimate of drug-likeness (QED) is 0.749. The number of carboxylic acid groups (broad SMARTS) is 1. The van der Waals surface area contributed by atoms with Crippen molar-refractivity contribution in [3.8, 4) is 5.69 Å². The average molecular weight is 274 g/mol. The molecule has 106 valence electrons. The molecule has 1 aromatic heterocycles. The molecule has 0 saturated carbocycles. The van der Waals surface area contributed by atoms with E-state index in [2.05, 4.69) is 5.32 Å². The Morgan fingerprint density at radius 2 is 1.80 bits per heavy atom. The van der Waals surface area contributed by atoms with Gasteiger partial charge >= 0.3 is 5.97 Å². The Kier molecular flexibility index (Phi) is 3.81. The fourth-order valence-corrected chi connectivity index (χ4v) is 2.28. The summed E-state index contributed by atoms with van der Waals surface area (Å²) in [6.45, 7) is 5.44. The Hall–Kier alpha value is -2.27. The standard InChI is InChI=1S/C15H18N2O3/c1-9-4-5-10(2)17(9)14-7-6-12(16-11(3)18)8-13(14)15(19)20/h4-8,11,16,18H,1-3H3,(H,19,20). The molecular formula is C15H18N2O3. The van der Waals surface area contributed by atoms with E-state index in [0.717, 1.165) is 11.4 Å². The largest absolute Gasteiger partial charge is 0.478 e. The summed E-state index contributed by atoms with van der Waals surface area (Å²) in [6.07, 6.45) is -0.738. The summed E-state index contributed by atoms with van der Waals surface area (Å²) >= 11 is 0. The molecule has 2 rings (SSSR count). The van der Waals surface area contributed by atoms with Gasteiger partial charge in [-0.2, -0.15) is 0 Å². The van der Waals surface area contributed by atoms with Crippen molar-refractivity contribution >= 4 is 11.7 Å². The van der Waals surface area contributed by atoms with E-state index in [1.165, 1.54) is 6.07 Å². The molecule has 3 N–H and O–H groups in total. The first-order valence-corrected chi connectivity index (χ1v) is 6.37. The number of carbonyl (C=O) groups is 1. The fraction of sp³-hybridized carbons (Fsp3) is 0.267. The number of aromatic carboxylic acids is 1. The van der Waals surface area contributed by atoms with Crippen molar-refractivity contribution in [3.05, 3.63) is 47.3 Å². The maximum atomic E-state index is 11.5. The highest BCUT2D eigenvalue weighted by molar-refractivity contribution is 5.93. The third-order valence-electron chi connectivity index (χ3n) is 3.11. The number of nitrogens with one attached hydrogen (secondary N) is 1. The highest BCUT2D eigenvalue weighted by Gasteiger charge is 2.15. The number of benzene rings is 1. The number of nitrogens with zero attached hydrogens (tertiary/aromatic N) is 1. The number of rotatable bonds is 4. The zero-order valence-corrected chi connectivity index (χ0v) is 11.7. The maximum absolute atomic E-state index is 11.5. The lowest BCUT2D eigenvalue weighted by Gasteiger charge is -2.15. The smallest absolute Gasteiger partial charge is 0.337 e. The number of aliphatic hydroxyl groups excluding tert-OH is 1. The molecule has 0 amide bonds. The molecule has 0 radical (unpaired) electrons. The molecule has 0 saturated heterocycles. The minimum absolute atomic E-state index is 0.193. The molecule has 2 aromatic rings. The van der Waals surface area contributed by atoms with E-state index in [1.54, 1.807) is 19.1 Å². The predicted octanol–water partition coefficient (Wildman–Crippen LogP) is 2.54. The van der Waals surface area contributed by atoms with Crippen molar-refractivity contribution in [1.82, 2.24) is 4.57 Å². The van der Waals surface area contributed by atoms with Crippen LogP contribution in [-0.4, -0.2) is 27.0 Å². The van der Waals surface area contributed by atoms with Crippen LogP contribution < -0.4 is 5.32 Å². The van der Waals surface area contributed by atoms with Gasteiger partial charge < -0.3 is 20.1 Å².